The van der Waals surface area contributed by atoms with Crippen LogP contribution in [0.15, 0.2) is 60.0 Å². The second kappa shape index (κ2) is 11.7. The number of ether oxygens (including phenoxy) is 2. The Hall–Kier alpha value is -2.90. The Kier molecular flexibility index (Phi) is 8.42. The molecule has 1 aliphatic heterocycles. The average molecular weight is 497 g/mol. The summed E-state index contributed by atoms with van der Waals surface area (Å²) in [6.45, 7) is 2.64. The number of thiophene rings is 1. The molecule has 7 heteroatoms. The third kappa shape index (κ3) is 6.21. The standard InChI is InChI=1S/C28H33FN2O3S/c1-30(28(32)27-9-6-14-35-27)26(17-22-7-4-5-8-25(22)29)21-10-12-31(13-11-21)19-20-15-23(33-2)18-24(16-20)34-3/h4-9,14-16,18,21,26H,10-13,17,19H2,1-3H3/t26-/m1/s1. The molecule has 1 saturated heterocycles. The van der Waals surface area contributed by atoms with Crippen molar-refractivity contribution >= 4 is 17.2 Å². The van der Waals surface area contributed by atoms with Crippen LogP contribution in [0.5, 0.6) is 11.5 Å². The summed E-state index contributed by atoms with van der Waals surface area (Å²) in [4.78, 5) is 18.2. The summed E-state index contributed by atoms with van der Waals surface area (Å²) in [5, 5.41) is 1.92. The van der Waals surface area contributed by atoms with Gasteiger partial charge in [0.05, 0.1) is 19.1 Å². The topological polar surface area (TPSA) is 42.0 Å². The number of likely N-dealkylation sites (N-methyl/N-ethyl adjacent to an activating group) is 1. The van der Waals surface area contributed by atoms with Crippen molar-refractivity contribution in [1.29, 1.82) is 0 Å². The van der Waals surface area contributed by atoms with Crippen LogP contribution in [0, 0.1) is 11.7 Å². The van der Waals surface area contributed by atoms with Gasteiger partial charge in [-0.3, -0.25) is 9.69 Å². The molecule has 1 aromatic heterocycles. The SMILES string of the molecule is COc1cc(CN2CCC([C@@H](Cc3ccccc3F)N(C)C(=O)c3cccs3)CC2)cc(OC)c1. The molecule has 1 amide bonds. The van der Waals surface area contributed by atoms with Crippen LogP contribution in [0.25, 0.3) is 0 Å². The van der Waals surface area contributed by atoms with Gasteiger partial charge in [-0.25, -0.2) is 4.39 Å². The predicted molar refractivity (Wildman–Crippen MR) is 138 cm³/mol. The van der Waals surface area contributed by atoms with Crippen LogP contribution in [0.1, 0.15) is 33.6 Å². The van der Waals surface area contributed by atoms with E-state index in [0.29, 0.717) is 17.9 Å². The first-order chi connectivity index (χ1) is 17.0. The van der Waals surface area contributed by atoms with Gasteiger partial charge < -0.3 is 14.4 Å². The molecule has 2 aromatic carbocycles. The molecule has 1 aliphatic rings. The van der Waals surface area contributed by atoms with E-state index >= 15 is 0 Å². The van der Waals surface area contributed by atoms with Crippen LogP contribution in [0.3, 0.4) is 0 Å². The van der Waals surface area contributed by atoms with Crippen molar-refractivity contribution in [2.45, 2.75) is 31.8 Å². The summed E-state index contributed by atoms with van der Waals surface area (Å²) >= 11 is 1.45. The lowest BCUT2D eigenvalue weighted by Gasteiger charge is -2.40. The number of benzene rings is 2. The summed E-state index contributed by atoms with van der Waals surface area (Å²) in [7, 11) is 5.18. The minimum atomic E-state index is -0.209. The second-order valence-electron chi connectivity index (χ2n) is 9.09. The van der Waals surface area contributed by atoms with Gasteiger partial charge in [0.15, 0.2) is 0 Å². The van der Waals surface area contributed by atoms with Crippen LogP contribution in [-0.2, 0) is 13.0 Å². The van der Waals surface area contributed by atoms with E-state index in [2.05, 4.69) is 4.90 Å². The molecule has 0 aliphatic carbocycles. The zero-order chi connectivity index (χ0) is 24.8. The number of hydrogen-bond donors (Lipinski definition) is 0. The lowest BCUT2D eigenvalue weighted by atomic mass is 9.84. The molecule has 0 N–H and O–H groups in total. The maximum Gasteiger partial charge on any atom is 0.263 e. The Morgan fingerprint density at radius 2 is 1.77 bits per heavy atom. The van der Waals surface area contributed by atoms with Gasteiger partial charge in [-0.1, -0.05) is 24.3 Å². The van der Waals surface area contributed by atoms with Crippen molar-refractivity contribution in [3.8, 4) is 11.5 Å². The third-order valence-electron chi connectivity index (χ3n) is 6.93. The van der Waals surface area contributed by atoms with Gasteiger partial charge in [0.25, 0.3) is 5.91 Å². The first-order valence-corrected chi connectivity index (χ1v) is 12.8. The van der Waals surface area contributed by atoms with Crippen molar-refractivity contribution in [1.82, 2.24) is 9.80 Å². The molecule has 0 saturated carbocycles. The van der Waals surface area contributed by atoms with E-state index in [1.807, 2.05) is 59.8 Å². The molecule has 186 valence electrons. The van der Waals surface area contributed by atoms with Crippen molar-refractivity contribution in [2.75, 3.05) is 34.4 Å². The maximum atomic E-state index is 14.6. The number of likely N-dealkylation sites (tertiary alicyclic amines) is 1. The van der Waals surface area contributed by atoms with Crippen molar-refractivity contribution in [3.63, 3.8) is 0 Å². The van der Waals surface area contributed by atoms with Gasteiger partial charge in [0.1, 0.15) is 17.3 Å². The quantitative estimate of drug-likeness (QED) is 0.392. The van der Waals surface area contributed by atoms with E-state index in [4.69, 9.17) is 9.47 Å². The fourth-order valence-electron chi connectivity index (χ4n) is 4.95. The molecule has 0 unspecified atom stereocenters. The van der Waals surface area contributed by atoms with Crippen LogP contribution in [0.2, 0.25) is 0 Å². The van der Waals surface area contributed by atoms with E-state index in [1.54, 1.807) is 20.3 Å². The van der Waals surface area contributed by atoms with Gasteiger partial charge in [0.2, 0.25) is 0 Å². The molecule has 2 heterocycles. The fraction of sp³-hybridized carbons (Fsp3) is 0.393. The van der Waals surface area contributed by atoms with E-state index in [0.717, 1.165) is 54.4 Å². The highest BCUT2D eigenvalue weighted by Crippen LogP contribution is 2.30. The van der Waals surface area contributed by atoms with E-state index in [-0.39, 0.29) is 17.8 Å². The number of amides is 1. The van der Waals surface area contributed by atoms with E-state index in [9.17, 15) is 9.18 Å². The van der Waals surface area contributed by atoms with E-state index in [1.165, 1.54) is 17.4 Å². The summed E-state index contributed by atoms with van der Waals surface area (Å²) in [5.74, 6) is 1.66. The minimum absolute atomic E-state index is 0.00671. The summed E-state index contributed by atoms with van der Waals surface area (Å²) in [6.07, 6.45) is 2.41. The molecule has 3 aromatic rings. The van der Waals surface area contributed by atoms with Crippen molar-refractivity contribution in [3.05, 3.63) is 81.8 Å². The minimum Gasteiger partial charge on any atom is -0.497 e. The molecular weight excluding hydrogens is 463 g/mol. The van der Waals surface area contributed by atoms with Crippen LogP contribution in [0.4, 0.5) is 4.39 Å². The number of rotatable bonds is 9. The van der Waals surface area contributed by atoms with Crippen LogP contribution >= 0.6 is 11.3 Å². The van der Waals surface area contributed by atoms with E-state index < -0.39 is 0 Å². The Bertz CT molecular complexity index is 1090. The molecular formula is C28H33FN2O3S. The van der Waals surface area contributed by atoms with Gasteiger partial charge in [0, 0.05) is 25.7 Å². The third-order valence-corrected chi connectivity index (χ3v) is 7.79. The van der Waals surface area contributed by atoms with Crippen LogP contribution < -0.4 is 9.47 Å². The number of carbonyl (C=O) groups is 1. The average Bonchev–Trinajstić information content (AvgIpc) is 3.43. The number of carbonyl (C=O) groups excluding carboxylic acids is 1. The summed E-state index contributed by atoms with van der Waals surface area (Å²) in [5.41, 5.74) is 1.81. The first-order valence-electron chi connectivity index (χ1n) is 12.0. The molecule has 5 nitrogen and oxygen atoms in total. The Morgan fingerprint density at radius 1 is 1.09 bits per heavy atom. The molecule has 0 bridgehead atoms. The Labute approximate surface area is 211 Å². The Balaban J connectivity index is 1.47. The molecule has 0 spiro atoms. The summed E-state index contributed by atoms with van der Waals surface area (Å²) in [6, 6.07) is 16.5. The number of hydrogen-bond acceptors (Lipinski definition) is 5. The normalized spacial score (nSPS) is 15.5. The molecule has 1 fully saturated rings. The largest absolute Gasteiger partial charge is 0.497 e. The lowest BCUT2D eigenvalue weighted by molar-refractivity contribution is 0.0588. The predicted octanol–water partition coefficient (Wildman–Crippen LogP) is 5.50. The maximum absolute atomic E-state index is 14.6. The van der Waals surface area contributed by atoms with Gasteiger partial charge in [-0.2, -0.15) is 0 Å². The number of piperidine rings is 1. The number of halogens is 1. The zero-order valence-corrected chi connectivity index (χ0v) is 21.4. The summed E-state index contributed by atoms with van der Waals surface area (Å²) < 4.78 is 25.4. The zero-order valence-electron chi connectivity index (χ0n) is 20.6. The molecule has 1 atom stereocenters. The molecule has 0 radical (unpaired) electrons. The fourth-order valence-corrected chi connectivity index (χ4v) is 5.65. The van der Waals surface area contributed by atoms with Gasteiger partial charge in [-0.15, -0.1) is 11.3 Å². The smallest absolute Gasteiger partial charge is 0.263 e. The van der Waals surface area contributed by atoms with Crippen molar-refractivity contribution < 1.29 is 18.7 Å². The monoisotopic (exact) mass is 496 g/mol. The van der Waals surface area contributed by atoms with Crippen molar-refractivity contribution in [2.24, 2.45) is 5.92 Å². The Morgan fingerprint density at radius 3 is 2.37 bits per heavy atom. The second-order valence-corrected chi connectivity index (χ2v) is 10.0. The highest BCUT2D eigenvalue weighted by molar-refractivity contribution is 7.12. The van der Waals surface area contributed by atoms with Gasteiger partial charge in [-0.05, 0) is 79.0 Å². The number of methoxy groups -OCH3 is 2. The molecule has 35 heavy (non-hydrogen) atoms. The molecule has 4 rings (SSSR count). The highest BCUT2D eigenvalue weighted by atomic mass is 32.1. The van der Waals surface area contributed by atoms with Crippen LogP contribution in [-0.4, -0.2) is 56.1 Å². The highest BCUT2D eigenvalue weighted by Gasteiger charge is 2.32. The first kappa shape index (κ1) is 25.2. The van der Waals surface area contributed by atoms with Gasteiger partial charge >= 0.3 is 0 Å². The number of nitrogens with zero attached hydrogens (tertiary/aromatic N) is 2. The lowest BCUT2D eigenvalue weighted by Crippen LogP contribution is -2.47.